The topological polar surface area (TPSA) is 67.2 Å². The molecule has 7 heteroatoms. The van der Waals surface area contributed by atoms with Crippen molar-refractivity contribution in [1.82, 2.24) is 9.55 Å². The number of hydrogen-bond acceptors (Lipinski definition) is 4. The van der Waals surface area contributed by atoms with Crippen molar-refractivity contribution in [2.75, 3.05) is 6.61 Å². The first-order valence-corrected chi connectivity index (χ1v) is 6.22. The highest BCUT2D eigenvalue weighted by molar-refractivity contribution is 7.71. The average Bonchev–Trinajstić information content (AvgIpc) is 2.70. The van der Waals surface area contributed by atoms with Crippen molar-refractivity contribution in [3.8, 4) is 0 Å². The van der Waals surface area contributed by atoms with Crippen LogP contribution in [0, 0.1) is 4.64 Å². The highest BCUT2D eigenvalue weighted by atomic mass is 32.1. The second-order valence-corrected chi connectivity index (χ2v) is 4.65. The van der Waals surface area contributed by atoms with Gasteiger partial charge in [0.25, 0.3) is 0 Å². The Morgan fingerprint density at radius 1 is 1.72 bits per heavy atom. The van der Waals surface area contributed by atoms with Crippen LogP contribution < -0.4 is 5.69 Å². The molecule has 1 saturated heterocycles. The summed E-state index contributed by atoms with van der Waals surface area (Å²) in [5.74, 6) is 0. The van der Waals surface area contributed by atoms with Gasteiger partial charge in [0.1, 0.15) is 23.1 Å². The third-order valence-corrected chi connectivity index (χ3v) is 3.44. The Morgan fingerprint density at radius 3 is 3.00 bits per heavy atom. The number of halogens is 1. The van der Waals surface area contributed by atoms with Gasteiger partial charge in [-0.1, -0.05) is 19.1 Å². The summed E-state index contributed by atoms with van der Waals surface area (Å²) in [5, 5.41) is 8.94. The minimum absolute atomic E-state index is 0.0545. The van der Waals surface area contributed by atoms with Crippen molar-refractivity contribution in [2.24, 2.45) is 0 Å². The number of ether oxygens (including phenoxy) is 1. The zero-order valence-corrected chi connectivity index (χ0v) is 10.7. The quantitative estimate of drug-likeness (QED) is 0.810. The Bertz CT molecular complexity index is 542. The van der Waals surface area contributed by atoms with E-state index in [0.29, 0.717) is 11.1 Å². The van der Waals surface area contributed by atoms with E-state index in [4.69, 9.17) is 22.1 Å². The van der Waals surface area contributed by atoms with E-state index in [0.717, 1.165) is 5.56 Å². The number of rotatable bonds is 3. The Balaban J connectivity index is 2.35. The lowest BCUT2D eigenvalue weighted by Crippen LogP contribution is -2.28. The SMILES string of the molecule is CCc1cn([C@H]2C[C@H](F)[C@@H](CO)O2)c(=O)[nH]c1=S. The summed E-state index contributed by atoms with van der Waals surface area (Å²) in [6.45, 7) is 1.52. The summed E-state index contributed by atoms with van der Waals surface area (Å²) < 4.78 is 20.5. The average molecular weight is 274 g/mol. The number of H-pyrrole nitrogens is 1. The van der Waals surface area contributed by atoms with Gasteiger partial charge in [0.2, 0.25) is 0 Å². The molecule has 2 N–H and O–H groups in total. The number of aliphatic hydroxyl groups is 1. The van der Waals surface area contributed by atoms with Crippen LogP contribution in [-0.2, 0) is 11.2 Å². The fourth-order valence-corrected chi connectivity index (χ4v) is 2.30. The molecule has 0 radical (unpaired) electrons. The van der Waals surface area contributed by atoms with E-state index in [1.54, 1.807) is 6.20 Å². The molecule has 1 aliphatic rings. The number of nitrogens with zero attached hydrogens (tertiary/aromatic N) is 1. The monoisotopic (exact) mass is 274 g/mol. The number of aliphatic hydroxyl groups excluding tert-OH is 1. The number of hydrogen-bond donors (Lipinski definition) is 2. The molecule has 1 fully saturated rings. The Labute approximate surface area is 108 Å². The minimum Gasteiger partial charge on any atom is -0.394 e. The Morgan fingerprint density at radius 2 is 2.44 bits per heavy atom. The van der Waals surface area contributed by atoms with E-state index in [1.807, 2.05) is 6.92 Å². The van der Waals surface area contributed by atoms with E-state index >= 15 is 0 Å². The smallest absolute Gasteiger partial charge is 0.328 e. The Hall–Kier alpha value is -1.05. The van der Waals surface area contributed by atoms with Gasteiger partial charge in [0.15, 0.2) is 0 Å². The summed E-state index contributed by atoms with van der Waals surface area (Å²) in [7, 11) is 0. The maximum Gasteiger partial charge on any atom is 0.328 e. The molecule has 5 nitrogen and oxygen atoms in total. The molecule has 1 aromatic heterocycles. The molecular weight excluding hydrogens is 259 g/mol. The first-order valence-electron chi connectivity index (χ1n) is 5.81. The lowest BCUT2D eigenvalue weighted by Gasteiger charge is -2.15. The number of aryl methyl sites for hydroxylation is 1. The third kappa shape index (κ3) is 2.38. The number of nitrogens with one attached hydrogen (secondary N) is 1. The van der Waals surface area contributed by atoms with Gasteiger partial charge in [0, 0.05) is 18.2 Å². The molecule has 2 heterocycles. The van der Waals surface area contributed by atoms with Crippen molar-refractivity contribution < 1.29 is 14.2 Å². The van der Waals surface area contributed by atoms with Gasteiger partial charge in [-0.25, -0.2) is 9.18 Å². The first kappa shape index (κ1) is 13.4. The van der Waals surface area contributed by atoms with Gasteiger partial charge in [0.05, 0.1) is 6.61 Å². The maximum absolute atomic E-state index is 13.5. The van der Waals surface area contributed by atoms with Crippen LogP contribution in [0.15, 0.2) is 11.0 Å². The molecule has 0 saturated carbocycles. The predicted molar refractivity (Wildman–Crippen MR) is 65.8 cm³/mol. The number of alkyl halides is 1. The van der Waals surface area contributed by atoms with Crippen molar-refractivity contribution in [3.05, 3.63) is 26.9 Å². The van der Waals surface area contributed by atoms with Gasteiger partial charge in [-0.2, -0.15) is 0 Å². The molecule has 0 aliphatic carbocycles. The Kier molecular flexibility index (Phi) is 3.94. The van der Waals surface area contributed by atoms with Crippen LogP contribution in [0.5, 0.6) is 0 Å². The van der Waals surface area contributed by atoms with Crippen LogP contribution in [-0.4, -0.2) is 33.5 Å². The molecule has 1 aromatic rings. The normalized spacial score (nSPS) is 27.6. The fourth-order valence-electron chi connectivity index (χ4n) is 2.02. The highest BCUT2D eigenvalue weighted by Crippen LogP contribution is 2.29. The zero-order valence-electron chi connectivity index (χ0n) is 9.93. The van der Waals surface area contributed by atoms with E-state index in [-0.39, 0.29) is 6.42 Å². The van der Waals surface area contributed by atoms with Crippen molar-refractivity contribution in [3.63, 3.8) is 0 Å². The van der Waals surface area contributed by atoms with Gasteiger partial charge >= 0.3 is 5.69 Å². The first-order chi connectivity index (χ1) is 8.56. The molecule has 0 unspecified atom stereocenters. The van der Waals surface area contributed by atoms with Crippen molar-refractivity contribution >= 4 is 12.2 Å². The highest BCUT2D eigenvalue weighted by Gasteiger charge is 2.36. The van der Waals surface area contributed by atoms with Gasteiger partial charge in [-0.3, -0.25) is 9.55 Å². The largest absolute Gasteiger partial charge is 0.394 e. The van der Waals surface area contributed by atoms with Crippen LogP contribution in [0.25, 0.3) is 0 Å². The van der Waals surface area contributed by atoms with E-state index < -0.39 is 30.8 Å². The van der Waals surface area contributed by atoms with Crippen LogP contribution in [0.4, 0.5) is 4.39 Å². The van der Waals surface area contributed by atoms with Gasteiger partial charge in [-0.15, -0.1) is 0 Å². The van der Waals surface area contributed by atoms with E-state index in [9.17, 15) is 9.18 Å². The van der Waals surface area contributed by atoms with Crippen LogP contribution >= 0.6 is 12.2 Å². The second kappa shape index (κ2) is 5.29. The molecule has 3 atom stereocenters. The van der Waals surface area contributed by atoms with E-state index in [1.165, 1.54) is 4.57 Å². The fraction of sp³-hybridized carbons (Fsp3) is 0.636. The van der Waals surface area contributed by atoms with Crippen LogP contribution in [0.1, 0.15) is 25.1 Å². The van der Waals surface area contributed by atoms with Crippen LogP contribution in [0.2, 0.25) is 0 Å². The summed E-state index contributed by atoms with van der Waals surface area (Å²) in [6.07, 6.45) is -0.501. The molecule has 0 spiro atoms. The molecule has 2 rings (SSSR count). The standard InChI is InChI=1S/C11H15FN2O3S/c1-2-6-4-14(11(16)13-10(6)18)9-3-7(12)8(5-15)17-9/h4,7-9,15H,2-3,5H2,1H3,(H,13,16,18)/t7-,8+,9+/m0/s1. The van der Waals surface area contributed by atoms with Crippen molar-refractivity contribution in [2.45, 2.75) is 38.3 Å². The lowest BCUT2D eigenvalue weighted by molar-refractivity contribution is -0.0356. The summed E-state index contributed by atoms with van der Waals surface area (Å²) >= 11 is 5.02. The maximum atomic E-state index is 13.5. The molecule has 100 valence electrons. The summed E-state index contributed by atoms with van der Waals surface area (Å²) in [6, 6.07) is 0. The molecule has 0 aromatic carbocycles. The van der Waals surface area contributed by atoms with Gasteiger partial charge in [-0.05, 0) is 6.42 Å². The summed E-state index contributed by atoms with van der Waals surface area (Å²) in [5.41, 5.74) is 0.379. The van der Waals surface area contributed by atoms with Crippen LogP contribution in [0.3, 0.4) is 0 Å². The molecule has 18 heavy (non-hydrogen) atoms. The lowest BCUT2D eigenvalue weighted by atomic mass is 10.2. The van der Waals surface area contributed by atoms with Gasteiger partial charge < -0.3 is 9.84 Å². The minimum atomic E-state index is -1.26. The number of aromatic amines is 1. The number of aromatic nitrogens is 2. The molecule has 0 amide bonds. The third-order valence-electron chi connectivity index (χ3n) is 3.07. The molecule has 1 aliphatic heterocycles. The van der Waals surface area contributed by atoms with E-state index in [2.05, 4.69) is 4.98 Å². The molecular formula is C11H15FN2O3S. The summed E-state index contributed by atoms with van der Waals surface area (Å²) in [4.78, 5) is 14.3. The van der Waals surface area contributed by atoms with Crippen molar-refractivity contribution in [1.29, 1.82) is 0 Å². The molecule has 0 bridgehead atoms. The predicted octanol–water partition coefficient (Wildman–Crippen LogP) is 1.09. The zero-order chi connectivity index (χ0) is 13.3. The second-order valence-electron chi connectivity index (χ2n) is 4.24.